The molecule has 0 aromatic heterocycles. The first-order valence-electron chi connectivity index (χ1n) is 4.45. The third kappa shape index (κ3) is 7.95. The molecule has 3 heteroatoms. The van der Waals surface area contributed by atoms with Gasteiger partial charge in [0.2, 0.25) is 0 Å². The number of hydrogen-bond acceptors (Lipinski definition) is 2. The number of halogens is 1. The van der Waals surface area contributed by atoms with Crippen LogP contribution in [0.5, 0.6) is 0 Å². The van der Waals surface area contributed by atoms with Crippen molar-refractivity contribution in [2.45, 2.75) is 26.3 Å². The van der Waals surface area contributed by atoms with Crippen molar-refractivity contribution in [2.75, 3.05) is 33.4 Å². The molecule has 0 amide bonds. The summed E-state index contributed by atoms with van der Waals surface area (Å²) in [7, 11) is 1.93. The van der Waals surface area contributed by atoms with E-state index in [1.807, 2.05) is 11.9 Å². The van der Waals surface area contributed by atoms with Gasteiger partial charge in [-0.2, -0.15) is 0 Å². The van der Waals surface area contributed by atoms with E-state index < -0.39 is 0 Å². The van der Waals surface area contributed by atoms with Gasteiger partial charge in [0.15, 0.2) is 0 Å². The van der Waals surface area contributed by atoms with E-state index in [4.69, 9.17) is 0 Å². The summed E-state index contributed by atoms with van der Waals surface area (Å²) >= 11 is 0. The van der Waals surface area contributed by atoms with Crippen LogP contribution in [0.2, 0.25) is 0 Å². The molecule has 0 heterocycles. The molecule has 0 spiro atoms. The Labute approximate surface area is 75.1 Å². The highest BCUT2D eigenvalue weighted by molar-refractivity contribution is 4.70. The summed E-state index contributed by atoms with van der Waals surface area (Å²) in [5.41, 5.74) is 0.163. The number of likely N-dealkylation sites (N-methyl/N-ethyl adjacent to an activating group) is 1. The quantitative estimate of drug-likeness (QED) is 0.679. The summed E-state index contributed by atoms with van der Waals surface area (Å²) < 4.78 is 11.8. The zero-order valence-electron chi connectivity index (χ0n) is 8.65. The second-order valence-corrected chi connectivity index (χ2v) is 4.17. The molecule has 0 unspecified atom stereocenters. The Bertz CT molecular complexity index is 110. The lowest BCUT2D eigenvalue weighted by atomic mass is 10.1. The van der Waals surface area contributed by atoms with Gasteiger partial charge in [0.1, 0.15) is 6.67 Å². The molecule has 0 rings (SSSR count). The van der Waals surface area contributed by atoms with Gasteiger partial charge in [-0.15, -0.1) is 0 Å². The Morgan fingerprint density at radius 2 is 1.83 bits per heavy atom. The fourth-order valence-electron chi connectivity index (χ4n) is 0.878. The lowest BCUT2D eigenvalue weighted by Crippen LogP contribution is -2.40. The first kappa shape index (κ1) is 11.8. The zero-order valence-corrected chi connectivity index (χ0v) is 8.65. The first-order valence-corrected chi connectivity index (χ1v) is 4.45. The van der Waals surface area contributed by atoms with Crippen molar-refractivity contribution in [3.05, 3.63) is 0 Å². The maximum absolute atomic E-state index is 11.8. The van der Waals surface area contributed by atoms with Gasteiger partial charge in [0.25, 0.3) is 0 Å². The smallest absolute Gasteiger partial charge is 0.102 e. The molecule has 74 valence electrons. The normalized spacial score (nSPS) is 12.5. The Hall–Kier alpha value is -0.150. The molecule has 0 aliphatic rings. The summed E-state index contributed by atoms with van der Waals surface area (Å²) in [6.07, 6.45) is 0. The molecule has 0 saturated carbocycles. The van der Waals surface area contributed by atoms with E-state index in [0.29, 0.717) is 6.54 Å². The van der Waals surface area contributed by atoms with Crippen molar-refractivity contribution < 1.29 is 4.39 Å². The predicted octanol–water partition coefficient (Wildman–Crippen LogP) is 1.28. The van der Waals surface area contributed by atoms with Crippen LogP contribution in [0.25, 0.3) is 0 Å². The Morgan fingerprint density at radius 3 is 2.25 bits per heavy atom. The molecule has 0 bridgehead atoms. The minimum absolute atomic E-state index is 0.163. The fourth-order valence-corrected chi connectivity index (χ4v) is 0.878. The molecule has 0 fully saturated rings. The molecular formula is C9H21FN2. The van der Waals surface area contributed by atoms with Crippen LogP contribution in [0.4, 0.5) is 4.39 Å². The fraction of sp³-hybridized carbons (Fsp3) is 1.00. The van der Waals surface area contributed by atoms with Gasteiger partial charge < -0.3 is 10.2 Å². The SMILES string of the molecule is CN(CCF)CCNC(C)(C)C. The molecule has 0 aliphatic heterocycles. The monoisotopic (exact) mass is 176 g/mol. The van der Waals surface area contributed by atoms with Crippen molar-refractivity contribution >= 4 is 0 Å². The summed E-state index contributed by atoms with van der Waals surface area (Å²) in [4.78, 5) is 1.98. The molecule has 0 aliphatic carbocycles. The van der Waals surface area contributed by atoms with Crippen LogP contribution in [0, 0.1) is 0 Å². The van der Waals surface area contributed by atoms with Gasteiger partial charge in [0.05, 0.1) is 0 Å². The van der Waals surface area contributed by atoms with Gasteiger partial charge in [-0.3, -0.25) is 0 Å². The molecule has 0 aromatic rings. The lowest BCUT2D eigenvalue weighted by Gasteiger charge is -2.22. The van der Waals surface area contributed by atoms with Crippen molar-refractivity contribution in [1.29, 1.82) is 0 Å². The number of alkyl halides is 1. The largest absolute Gasteiger partial charge is 0.311 e. The van der Waals surface area contributed by atoms with Crippen LogP contribution in [-0.4, -0.2) is 43.8 Å². The van der Waals surface area contributed by atoms with Gasteiger partial charge in [-0.25, -0.2) is 4.39 Å². The van der Waals surface area contributed by atoms with Crippen LogP contribution in [-0.2, 0) is 0 Å². The second kappa shape index (κ2) is 5.49. The summed E-state index contributed by atoms with van der Waals surface area (Å²) in [6, 6.07) is 0. The molecule has 12 heavy (non-hydrogen) atoms. The summed E-state index contributed by atoms with van der Waals surface area (Å²) in [5, 5.41) is 3.35. The molecular weight excluding hydrogens is 155 g/mol. The van der Waals surface area contributed by atoms with E-state index in [2.05, 4.69) is 26.1 Å². The maximum Gasteiger partial charge on any atom is 0.102 e. The minimum Gasteiger partial charge on any atom is -0.311 e. The van der Waals surface area contributed by atoms with E-state index in [9.17, 15) is 4.39 Å². The predicted molar refractivity (Wildman–Crippen MR) is 51.2 cm³/mol. The topological polar surface area (TPSA) is 15.3 Å². The molecule has 0 radical (unpaired) electrons. The second-order valence-electron chi connectivity index (χ2n) is 4.17. The Morgan fingerprint density at radius 1 is 1.25 bits per heavy atom. The number of nitrogens with one attached hydrogen (secondary N) is 1. The van der Waals surface area contributed by atoms with Gasteiger partial charge in [-0.1, -0.05) is 0 Å². The summed E-state index contributed by atoms with van der Waals surface area (Å²) in [5.74, 6) is 0. The summed E-state index contributed by atoms with van der Waals surface area (Å²) in [6.45, 7) is 8.48. The zero-order chi connectivity index (χ0) is 9.61. The highest BCUT2D eigenvalue weighted by Gasteiger charge is 2.07. The van der Waals surface area contributed by atoms with E-state index in [1.54, 1.807) is 0 Å². The molecule has 0 atom stereocenters. The Kier molecular flexibility index (Phi) is 5.42. The number of nitrogens with zero attached hydrogens (tertiary/aromatic N) is 1. The van der Waals surface area contributed by atoms with Crippen molar-refractivity contribution in [2.24, 2.45) is 0 Å². The molecule has 0 aromatic carbocycles. The average molecular weight is 176 g/mol. The van der Waals surface area contributed by atoms with Crippen molar-refractivity contribution in [3.63, 3.8) is 0 Å². The third-order valence-electron chi connectivity index (χ3n) is 1.62. The third-order valence-corrected chi connectivity index (χ3v) is 1.62. The van der Waals surface area contributed by atoms with Gasteiger partial charge in [0, 0.05) is 25.2 Å². The van der Waals surface area contributed by atoms with E-state index >= 15 is 0 Å². The van der Waals surface area contributed by atoms with E-state index in [0.717, 1.165) is 13.1 Å². The van der Waals surface area contributed by atoms with Crippen molar-refractivity contribution in [1.82, 2.24) is 10.2 Å². The van der Waals surface area contributed by atoms with Crippen LogP contribution < -0.4 is 5.32 Å². The van der Waals surface area contributed by atoms with Gasteiger partial charge >= 0.3 is 0 Å². The highest BCUT2D eigenvalue weighted by Crippen LogP contribution is 1.97. The van der Waals surface area contributed by atoms with E-state index in [-0.39, 0.29) is 12.2 Å². The van der Waals surface area contributed by atoms with Crippen LogP contribution in [0.3, 0.4) is 0 Å². The number of rotatable bonds is 5. The maximum atomic E-state index is 11.8. The van der Waals surface area contributed by atoms with Crippen LogP contribution in [0.1, 0.15) is 20.8 Å². The van der Waals surface area contributed by atoms with E-state index in [1.165, 1.54) is 0 Å². The standard InChI is InChI=1S/C9H21FN2/c1-9(2,3)11-6-8-12(4)7-5-10/h11H,5-8H2,1-4H3. The molecule has 0 saturated heterocycles. The lowest BCUT2D eigenvalue weighted by molar-refractivity contribution is 0.281. The highest BCUT2D eigenvalue weighted by atomic mass is 19.1. The molecule has 1 N–H and O–H groups in total. The van der Waals surface area contributed by atoms with Crippen molar-refractivity contribution in [3.8, 4) is 0 Å². The van der Waals surface area contributed by atoms with Crippen LogP contribution >= 0.6 is 0 Å². The minimum atomic E-state index is -0.258. The Balaban J connectivity index is 3.31. The van der Waals surface area contributed by atoms with Gasteiger partial charge in [-0.05, 0) is 27.8 Å². The van der Waals surface area contributed by atoms with Crippen LogP contribution in [0.15, 0.2) is 0 Å². The first-order chi connectivity index (χ1) is 5.45. The number of hydrogen-bond donors (Lipinski definition) is 1. The average Bonchev–Trinajstić information content (AvgIpc) is 1.84. The molecule has 2 nitrogen and oxygen atoms in total.